The number of aromatic nitrogens is 12. The van der Waals surface area contributed by atoms with E-state index in [1.54, 1.807) is 50.8 Å². The molecule has 5 unspecified atom stereocenters. The number of Topliss-reactive ketones (excluding diaryl/α,β-unsaturated/α-hetero) is 1. The fourth-order valence-electron chi connectivity index (χ4n) is 16.5. The third kappa shape index (κ3) is 23.0. The monoisotopic (exact) mass is 2080 g/mol. The van der Waals surface area contributed by atoms with E-state index in [-0.39, 0.29) is 211 Å². The number of nitriles is 1. The van der Waals surface area contributed by atoms with E-state index >= 15 is 0 Å². The quantitative estimate of drug-likeness (QED) is 0.0202. The lowest BCUT2D eigenvalue weighted by Gasteiger charge is -2.21. The molecule has 10 heterocycles. The maximum Gasteiger partial charge on any atom is 0.387 e. The Labute approximate surface area is 841 Å². The number of amides is 3. The lowest BCUT2D eigenvalue weighted by molar-refractivity contribution is -0.118. The van der Waals surface area contributed by atoms with Crippen LogP contribution in [0.4, 0.5) is 37.0 Å². The number of ether oxygens (including phenoxy) is 9. The highest BCUT2D eigenvalue weighted by Crippen LogP contribution is 2.50. The molecule has 2 saturated carbocycles. The molecule has 0 spiro atoms. The molecule has 3 amide bonds. The fourth-order valence-corrected chi connectivity index (χ4v) is 18.5. The number of nitrogens with one attached hydrogen (secondary N) is 7. The number of halogens is 9. The Hall–Kier alpha value is -14.6. The van der Waals surface area contributed by atoms with Crippen LogP contribution in [0, 0.1) is 23.1 Å². The summed E-state index contributed by atoms with van der Waals surface area (Å²) < 4.78 is 93.0. The standard InChI is InChI=1S/C25H24Cl2N4O5.C24H25Cl2N5O5.C23H21Cl2F2N5O5.C23H21FN6O4/c1-5-14(32)6-12-7-15(33)9-17(12)29-25-28-11-13-8-16(24(34)31(2)23(13)30-25)20-21(26)18(35-3)10-19(36-4)22(20)27;1-5-18(33)28-14-7-12(32)8-15(14)29-24-27-10-11-6-13(23(34)31(2)22(11)30-24)19-20(25)16(35-3)9-17(36-4)21(19)26;1-4-16(33)29-12-8-36-9-13(12)30-23-28-7-10-5-11(21(34)32(2)20(10)31-23)17-18(24)14(35-3)6-15(19(17)25)37-22(26)27;1-4-19(31)27-16-10-34-11-17(16)28-23-26-9-13-7-15(22(32)30(2)21(13)29-23)14-5-12(8-25)6-18(33-3)20(14)24/h5,8,10-12,17H,1,6-7,9H2,2-4H3,(H,28,29,30);5-6,9-10,12,14-15,32H,1,7-8H2,2-4H3,(H,28,33)(H,27,29,30);4-7,12-13,22H,1,8-9H2,2-3H3,(H,29,33)(H,28,30,31);4-7,9,16-17H,1,10-11H2,2-3H3,(H,27,31)(H,26,28,29)/t;;12-,13+;16-,17+/m..00/s1. The summed E-state index contributed by atoms with van der Waals surface area (Å²) >= 11 is 38.9. The first-order valence-electron chi connectivity index (χ1n) is 43.2. The number of pyridine rings is 4. The highest BCUT2D eigenvalue weighted by molar-refractivity contribution is 6.43. The highest BCUT2D eigenvalue weighted by Gasteiger charge is 2.39. The second-order valence-electron chi connectivity index (χ2n) is 32.5. The number of fused-ring (bicyclic) bond motifs is 4. The van der Waals surface area contributed by atoms with Crippen LogP contribution in [0.1, 0.15) is 37.7 Å². The molecule has 16 rings (SSSR count). The number of aliphatic hydroxyl groups is 1. The number of carbonyl (C=O) groups is 5. The number of ketones is 2. The van der Waals surface area contributed by atoms with Crippen molar-refractivity contribution in [3.8, 4) is 90.8 Å². The summed E-state index contributed by atoms with van der Waals surface area (Å²) in [7, 11) is 14.5. The average Bonchev–Trinajstić information content (AvgIpc) is 1.22. The molecule has 8 N–H and O–H groups in total. The second kappa shape index (κ2) is 46.0. The third-order valence-electron chi connectivity index (χ3n) is 23.7. The van der Waals surface area contributed by atoms with Gasteiger partial charge in [0.25, 0.3) is 22.2 Å². The molecule has 143 heavy (non-hydrogen) atoms. The number of allylic oxidation sites excluding steroid dienone is 1. The minimum atomic E-state index is -3.16. The average molecular weight is 2090 g/mol. The molecule has 748 valence electrons. The number of carbonyl (C=O) groups excluding carboxylic acids is 5. The number of methoxy groups -OCH3 is 6. The zero-order valence-corrected chi connectivity index (χ0v) is 82.3. The number of benzene rings is 4. The Morgan fingerprint density at radius 2 is 0.769 bits per heavy atom. The highest BCUT2D eigenvalue weighted by atomic mass is 35.5. The van der Waals surface area contributed by atoms with Gasteiger partial charge in [-0.25, -0.2) is 24.3 Å². The molecule has 4 aromatic carbocycles. The van der Waals surface area contributed by atoms with Crippen LogP contribution in [0.15, 0.2) is 149 Å². The molecule has 39 nitrogen and oxygen atoms in total. The second-order valence-corrected chi connectivity index (χ2v) is 34.8. The van der Waals surface area contributed by atoms with E-state index in [1.165, 1.54) is 136 Å². The van der Waals surface area contributed by atoms with Crippen molar-refractivity contribution in [2.24, 2.45) is 34.1 Å². The molecule has 4 aliphatic rings. The van der Waals surface area contributed by atoms with Crippen LogP contribution in [0.2, 0.25) is 30.1 Å². The summed E-state index contributed by atoms with van der Waals surface area (Å²) in [6, 6.07) is 12.7. The minimum absolute atomic E-state index is 0.00344. The van der Waals surface area contributed by atoms with Crippen LogP contribution in [0.3, 0.4) is 0 Å². The van der Waals surface area contributed by atoms with E-state index in [0.717, 1.165) is 6.07 Å². The zero-order valence-electron chi connectivity index (χ0n) is 77.8. The van der Waals surface area contributed by atoms with E-state index < -0.39 is 46.5 Å². The Balaban J connectivity index is 0.000000160. The molecular weight excluding hydrogens is 1990 g/mol. The number of hydrogen-bond donors (Lipinski definition) is 8. The van der Waals surface area contributed by atoms with Gasteiger partial charge in [0.15, 0.2) is 17.3 Å². The van der Waals surface area contributed by atoms with E-state index in [2.05, 4.69) is 108 Å². The Morgan fingerprint density at radius 1 is 0.448 bits per heavy atom. The zero-order chi connectivity index (χ0) is 104. The fraction of sp³-hybridized carbons (Fsp3) is 0.305. The van der Waals surface area contributed by atoms with Crippen LogP contribution in [-0.2, 0) is 61.6 Å². The number of aliphatic hydroxyl groups excluding tert-OH is 1. The van der Waals surface area contributed by atoms with Gasteiger partial charge in [-0.3, -0.25) is 61.4 Å². The molecule has 9 atom stereocenters. The molecule has 4 fully saturated rings. The summed E-state index contributed by atoms with van der Waals surface area (Å²) in [4.78, 5) is 147. The van der Waals surface area contributed by atoms with Crippen LogP contribution in [0.25, 0.3) is 88.6 Å². The smallest absolute Gasteiger partial charge is 0.387 e. The van der Waals surface area contributed by atoms with Crippen molar-refractivity contribution in [3.63, 3.8) is 0 Å². The van der Waals surface area contributed by atoms with Crippen molar-refractivity contribution in [1.29, 1.82) is 5.26 Å². The van der Waals surface area contributed by atoms with Crippen molar-refractivity contribution < 1.29 is 84.9 Å². The normalized spacial score (nSPS) is 17.7. The number of alkyl halides is 2. The van der Waals surface area contributed by atoms with Gasteiger partial charge in [-0.2, -0.15) is 34.0 Å². The van der Waals surface area contributed by atoms with E-state index in [0.29, 0.717) is 107 Å². The van der Waals surface area contributed by atoms with Gasteiger partial charge in [0.05, 0.1) is 175 Å². The topological polar surface area (TPSA) is 488 Å². The summed E-state index contributed by atoms with van der Waals surface area (Å²) in [6.07, 6.45) is 11.9. The van der Waals surface area contributed by atoms with Gasteiger partial charge in [0, 0.05) is 146 Å². The van der Waals surface area contributed by atoms with Crippen molar-refractivity contribution in [3.05, 3.63) is 213 Å². The summed E-state index contributed by atoms with van der Waals surface area (Å²) in [5.74, 6) is -0.343. The SMILES string of the molecule is C=CC(=O)CC1CC(=O)CC1Nc1ncc2cc(-c3c(Cl)c(OC)cc(OC)c3Cl)c(=O)n(C)c2n1.C=CC(=O)NC1CC(O)CC1Nc1ncc2cc(-c3c(Cl)c(OC)cc(OC)c3Cl)c(=O)n(C)c2n1.C=CC(=O)N[C@H]1COC[C@H]1Nc1ncc2cc(-c3c(Cl)c(OC)cc(OC(F)F)c3Cl)c(=O)n(C)c2n1.C=CC(=O)N[C@H]1COC[C@H]1Nc1ncc2cc(-c3cc(C#N)cc(OC)c3F)c(=O)n(C)c2n1. The summed E-state index contributed by atoms with van der Waals surface area (Å²) in [5, 5.41) is 42.7. The first-order valence-corrected chi connectivity index (χ1v) is 45.5. The van der Waals surface area contributed by atoms with E-state index in [4.69, 9.17) is 108 Å². The number of rotatable bonds is 29. The molecule has 0 bridgehead atoms. The van der Waals surface area contributed by atoms with Gasteiger partial charge in [0.2, 0.25) is 41.5 Å². The van der Waals surface area contributed by atoms with Crippen LogP contribution >= 0.6 is 69.6 Å². The van der Waals surface area contributed by atoms with Gasteiger partial charge in [-0.15, -0.1) is 0 Å². The lowest BCUT2D eigenvalue weighted by Crippen LogP contribution is -2.45. The van der Waals surface area contributed by atoms with Crippen LogP contribution < -0.4 is 92.6 Å². The first kappa shape index (κ1) is 106. The van der Waals surface area contributed by atoms with E-state index in [9.17, 15) is 66.7 Å². The van der Waals surface area contributed by atoms with Crippen LogP contribution in [-0.4, -0.2) is 217 Å². The molecule has 12 aromatic rings. The van der Waals surface area contributed by atoms with Gasteiger partial charge in [-0.1, -0.05) is 95.9 Å². The Morgan fingerprint density at radius 3 is 1.12 bits per heavy atom. The summed E-state index contributed by atoms with van der Waals surface area (Å²) in [5.41, 5.74) is 0.613. The van der Waals surface area contributed by atoms with Crippen molar-refractivity contribution in [1.82, 2.24) is 74.1 Å². The van der Waals surface area contributed by atoms with Crippen molar-refractivity contribution in [2.45, 2.75) is 87.1 Å². The predicted octanol–water partition coefficient (Wildman–Crippen LogP) is 12.0. The van der Waals surface area contributed by atoms with Crippen LogP contribution in [0.5, 0.6) is 40.2 Å². The maximum absolute atomic E-state index is 15.0. The maximum atomic E-state index is 15.0. The Bertz CT molecular complexity index is 7360. The molecule has 2 aliphatic carbocycles. The predicted molar refractivity (Wildman–Crippen MR) is 532 cm³/mol. The van der Waals surface area contributed by atoms with Gasteiger partial charge in [-0.05, 0) is 73.4 Å². The Kier molecular flexibility index (Phi) is 34.0. The lowest BCUT2D eigenvalue weighted by atomic mass is 9.97. The largest absolute Gasteiger partial charge is 0.495 e. The molecule has 48 heteroatoms. The van der Waals surface area contributed by atoms with E-state index in [1.807, 2.05) is 6.07 Å². The van der Waals surface area contributed by atoms with Gasteiger partial charge < -0.3 is 85.0 Å². The van der Waals surface area contributed by atoms with Gasteiger partial charge in [0.1, 0.15) is 62.9 Å². The number of anilines is 4. The molecular formula is C95H91Cl6F3N20O19. The van der Waals surface area contributed by atoms with Crippen molar-refractivity contribution in [2.75, 3.05) is 90.4 Å². The van der Waals surface area contributed by atoms with Gasteiger partial charge >= 0.3 is 6.61 Å². The van der Waals surface area contributed by atoms with Crippen molar-refractivity contribution >= 4 is 167 Å². The third-order valence-corrected chi connectivity index (χ3v) is 25.9. The molecule has 2 saturated heterocycles. The number of aryl methyl sites for hydroxylation is 4. The number of nitrogens with zero attached hydrogens (tertiary/aromatic N) is 13. The molecule has 8 aromatic heterocycles. The molecule has 0 radical (unpaired) electrons. The number of hydrogen-bond acceptors (Lipinski definition) is 32. The molecule has 2 aliphatic heterocycles. The minimum Gasteiger partial charge on any atom is -0.495 e. The summed E-state index contributed by atoms with van der Waals surface area (Å²) in [6.45, 7) is 11.9. The first-order chi connectivity index (χ1) is 68.3.